The number of amides is 1. The molecule has 0 fully saturated rings. The fraction of sp³-hybridized carbons (Fsp3) is 0.440. The monoisotopic (exact) mass is 469 g/mol. The van der Waals surface area contributed by atoms with Crippen LogP contribution in [0, 0.1) is 31.1 Å². The molecule has 1 N–H and O–H groups in total. The molecule has 2 unspecified atom stereocenters. The van der Waals surface area contributed by atoms with Gasteiger partial charge >= 0.3 is 5.97 Å². The third kappa shape index (κ3) is 6.61. The van der Waals surface area contributed by atoms with E-state index in [1.807, 2.05) is 27.7 Å². The van der Waals surface area contributed by atoms with Crippen molar-refractivity contribution in [2.45, 2.75) is 59.8 Å². The molecule has 0 radical (unpaired) electrons. The first-order chi connectivity index (χ1) is 16.0. The number of carbonyl (C=O) groups is 2. The maximum Gasteiger partial charge on any atom is 0.331 e. The van der Waals surface area contributed by atoms with E-state index in [2.05, 4.69) is 16.5 Å². The van der Waals surface area contributed by atoms with Crippen LogP contribution in [0.4, 0.5) is 0 Å². The molecule has 9 nitrogen and oxygen atoms in total. The number of carbonyl (C=O) groups excluding carboxylic acids is 2. The van der Waals surface area contributed by atoms with Crippen LogP contribution >= 0.6 is 0 Å². The molecule has 34 heavy (non-hydrogen) atoms. The van der Waals surface area contributed by atoms with Gasteiger partial charge in [0.1, 0.15) is 17.9 Å². The van der Waals surface area contributed by atoms with Crippen molar-refractivity contribution < 1.29 is 28.3 Å². The van der Waals surface area contributed by atoms with Crippen molar-refractivity contribution in [2.75, 3.05) is 7.11 Å². The minimum atomic E-state index is -1.06. The minimum Gasteiger partial charge on any atom is -0.493 e. The molecule has 9 heteroatoms. The molecule has 2 aromatic rings. The number of rotatable bonds is 10. The molecule has 1 amide bonds. The Balaban J connectivity index is 1.99. The van der Waals surface area contributed by atoms with Crippen molar-refractivity contribution in [3.8, 4) is 17.6 Å². The fourth-order valence-corrected chi connectivity index (χ4v) is 2.86. The van der Waals surface area contributed by atoms with Crippen LogP contribution in [0.2, 0.25) is 0 Å². The lowest BCUT2D eigenvalue weighted by Crippen LogP contribution is -2.52. The topological polar surface area (TPSA) is 124 Å². The molecule has 0 saturated heterocycles. The number of ether oxygens (including phenoxy) is 3. The molecular weight excluding hydrogens is 438 g/mol. The normalized spacial score (nSPS) is 13.7. The zero-order chi connectivity index (χ0) is 25.5. The Labute approximate surface area is 199 Å². The highest BCUT2D eigenvalue weighted by atomic mass is 16.5. The molecule has 0 bridgehead atoms. The number of nitriles is 1. The summed E-state index contributed by atoms with van der Waals surface area (Å²) >= 11 is 0. The van der Waals surface area contributed by atoms with Gasteiger partial charge in [-0.3, -0.25) is 4.79 Å². The molecule has 2 rings (SSSR count). The van der Waals surface area contributed by atoms with E-state index in [1.54, 1.807) is 31.2 Å². The van der Waals surface area contributed by atoms with Gasteiger partial charge in [0.05, 0.1) is 24.4 Å². The highest BCUT2D eigenvalue weighted by Gasteiger charge is 2.32. The summed E-state index contributed by atoms with van der Waals surface area (Å²) in [7, 11) is 1.52. The lowest BCUT2D eigenvalue weighted by atomic mass is 9.90. The predicted molar refractivity (Wildman–Crippen MR) is 125 cm³/mol. The second kappa shape index (κ2) is 11.4. The van der Waals surface area contributed by atoms with E-state index < -0.39 is 23.5 Å². The average Bonchev–Trinajstić information content (AvgIpc) is 3.13. The molecule has 1 aromatic heterocycles. The summed E-state index contributed by atoms with van der Waals surface area (Å²) in [6, 6.07) is 7.28. The molecular formula is C25H31N3O6. The molecule has 0 spiro atoms. The van der Waals surface area contributed by atoms with Gasteiger partial charge in [0.2, 0.25) is 0 Å². The van der Waals surface area contributed by atoms with Crippen LogP contribution in [0.5, 0.6) is 11.5 Å². The van der Waals surface area contributed by atoms with Gasteiger partial charge in [-0.05, 0) is 57.4 Å². The van der Waals surface area contributed by atoms with Gasteiger partial charge in [-0.15, -0.1) is 0 Å². The zero-order valence-electron chi connectivity index (χ0n) is 20.6. The van der Waals surface area contributed by atoms with Crippen molar-refractivity contribution in [1.29, 1.82) is 5.26 Å². The van der Waals surface area contributed by atoms with Gasteiger partial charge < -0.3 is 24.1 Å². The summed E-state index contributed by atoms with van der Waals surface area (Å²) in [5.41, 5.74) is 1.25. The third-order valence-electron chi connectivity index (χ3n) is 5.58. The predicted octanol–water partition coefficient (Wildman–Crippen LogP) is 3.88. The summed E-state index contributed by atoms with van der Waals surface area (Å²) < 4.78 is 21.6. The SMILES string of the molecule is COc1cc(C=CC(=O)OC(C)C(=O)NC(C)(C#N)C(C)C)ccc1OCc1c(C)noc1C. The zero-order valence-corrected chi connectivity index (χ0v) is 20.6. The van der Waals surface area contributed by atoms with Gasteiger partial charge in [0.25, 0.3) is 5.91 Å². The number of benzene rings is 1. The summed E-state index contributed by atoms with van der Waals surface area (Å²) in [6.07, 6.45) is 1.70. The number of esters is 1. The Hall–Kier alpha value is -3.80. The number of aromatic nitrogens is 1. The molecule has 0 aliphatic rings. The van der Waals surface area contributed by atoms with Crippen molar-refractivity contribution in [3.05, 3.63) is 46.9 Å². The van der Waals surface area contributed by atoms with E-state index in [0.717, 1.165) is 11.3 Å². The summed E-state index contributed by atoms with van der Waals surface area (Å²) in [5, 5.41) is 15.9. The van der Waals surface area contributed by atoms with Gasteiger partial charge in [-0.1, -0.05) is 25.1 Å². The molecule has 0 aliphatic carbocycles. The highest BCUT2D eigenvalue weighted by molar-refractivity contribution is 5.90. The Bertz CT molecular complexity index is 1080. The van der Waals surface area contributed by atoms with Gasteiger partial charge in [-0.25, -0.2) is 4.79 Å². The van der Waals surface area contributed by atoms with Crippen LogP contribution in [-0.4, -0.2) is 35.8 Å². The Morgan fingerprint density at radius 2 is 1.97 bits per heavy atom. The number of aryl methyl sites for hydroxylation is 2. The van der Waals surface area contributed by atoms with Crippen LogP contribution in [0.15, 0.2) is 28.8 Å². The minimum absolute atomic E-state index is 0.115. The van der Waals surface area contributed by atoms with Crippen molar-refractivity contribution in [2.24, 2.45) is 5.92 Å². The van der Waals surface area contributed by atoms with Crippen molar-refractivity contribution in [1.82, 2.24) is 10.5 Å². The maximum atomic E-state index is 12.3. The Morgan fingerprint density at radius 1 is 1.26 bits per heavy atom. The molecule has 2 atom stereocenters. The van der Waals surface area contributed by atoms with Crippen molar-refractivity contribution in [3.63, 3.8) is 0 Å². The fourth-order valence-electron chi connectivity index (χ4n) is 2.86. The molecule has 0 aliphatic heterocycles. The smallest absolute Gasteiger partial charge is 0.331 e. The van der Waals surface area contributed by atoms with Crippen LogP contribution < -0.4 is 14.8 Å². The quantitative estimate of drug-likeness (QED) is 0.411. The number of hydrogen-bond donors (Lipinski definition) is 1. The van der Waals surface area contributed by atoms with Gasteiger partial charge in [0, 0.05) is 6.08 Å². The summed E-state index contributed by atoms with van der Waals surface area (Å²) in [4.78, 5) is 24.5. The molecule has 1 heterocycles. The van der Waals surface area contributed by atoms with Gasteiger partial charge in [-0.2, -0.15) is 5.26 Å². The van der Waals surface area contributed by atoms with E-state index >= 15 is 0 Å². The van der Waals surface area contributed by atoms with Crippen LogP contribution in [0.25, 0.3) is 6.08 Å². The molecule has 182 valence electrons. The van der Waals surface area contributed by atoms with E-state index in [4.69, 9.17) is 18.7 Å². The van der Waals surface area contributed by atoms with E-state index in [9.17, 15) is 14.9 Å². The largest absolute Gasteiger partial charge is 0.493 e. The number of nitrogens with zero attached hydrogens (tertiary/aromatic N) is 2. The van der Waals surface area contributed by atoms with E-state index in [1.165, 1.54) is 20.1 Å². The second-order valence-electron chi connectivity index (χ2n) is 8.37. The van der Waals surface area contributed by atoms with E-state index in [0.29, 0.717) is 22.8 Å². The molecule has 1 aromatic carbocycles. The van der Waals surface area contributed by atoms with Crippen molar-refractivity contribution >= 4 is 18.0 Å². The van der Waals surface area contributed by atoms with Crippen LogP contribution in [0.1, 0.15) is 50.3 Å². The number of hydrogen-bond acceptors (Lipinski definition) is 8. The summed E-state index contributed by atoms with van der Waals surface area (Å²) in [6.45, 7) is 10.7. The van der Waals surface area contributed by atoms with Gasteiger partial charge in [0.15, 0.2) is 17.6 Å². The average molecular weight is 470 g/mol. The first-order valence-electron chi connectivity index (χ1n) is 10.8. The highest BCUT2D eigenvalue weighted by Crippen LogP contribution is 2.30. The number of methoxy groups -OCH3 is 1. The second-order valence-corrected chi connectivity index (χ2v) is 8.37. The lowest BCUT2D eigenvalue weighted by Gasteiger charge is -2.28. The first-order valence-corrected chi connectivity index (χ1v) is 10.8. The van der Waals surface area contributed by atoms with Crippen LogP contribution in [-0.2, 0) is 20.9 Å². The Morgan fingerprint density at radius 3 is 2.53 bits per heavy atom. The summed E-state index contributed by atoms with van der Waals surface area (Å²) in [5.74, 6) is 0.358. The Kier molecular flexibility index (Phi) is 8.84. The third-order valence-corrected chi connectivity index (χ3v) is 5.58. The number of nitrogens with one attached hydrogen (secondary N) is 1. The lowest BCUT2D eigenvalue weighted by molar-refractivity contribution is -0.150. The molecule has 0 saturated carbocycles. The van der Waals surface area contributed by atoms with E-state index in [-0.39, 0.29) is 12.5 Å². The van der Waals surface area contributed by atoms with Crippen LogP contribution in [0.3, 0.4) is 0 Å². The maximum absolute atomic E-state index is 12.3. The first kappa shape index (κ1) is 26.5. The standard InChI is InChI=1S/C25H31N3O6/c1-15(2)25(6,14-26)27-24(30)18(5)33-23(29)11-9-19-8-10-21(22(12-19)31-7)32-13-20-16(3)28-34-17(20)4/h8-12,15,18H,13H2,1-7H3,(H,27,30).